The van der Waals surface area contributed by atoms with Gasteiger partial charge in [-0.05, 0) is 43.3 Å². The molecule has 0 aliphatic carbocycles. The van der Waals surface area contributed by atoms with Crippen molar-refractivity contribution in [3.05, 3.63) is 59.9 Å². The van der Waals surface area contributed by atoms with Gasteiger partial charge in [0.15, 0.2) is 15.7 Å². The number of anilines is 1. The summed E-state index contributed by atoms with van der Waals surface area (Å²) in [6.07, 6.45) is 3.68. The summed E-state index contributed by atoms with van der Waals surface area (Å²) in [5.41, 5.74) is 3.60. The maximum absolute atomic E-state index is 11.7. The maximum Gasteiger partial charge on any atom is 0.222 e. The topological polar surface area (TPSA) is 85.3 Å². The number of ether oxygens (including phenoxy) is 1. The number of sulfone groups is 1. The number of fused-ring (bicyclic) bond motifs is 1. The van der Waals surface area contributed by atoms with Gasteiger partial charge in [-0.25, -0.2) is 13.4 Å². The molecule has 0 spiro atoms. The van der Waals surface area contributed by atoms with Gasteiger partial charge in [-0.15, -0.1) is 0 Å². The standard InChI is InChI=1S/C21H22N4O3S/c1-3-28-21-17-14-25(15-7-9-16(10-8-15)29(2,26)27)13-11-18(17)23-20(24-21)19-6-4-5-12-22-19/h4-10,12H,3,11,13-14H2,1-2H3. The highest BCUT2D eigenvalue weighted by Crippen LogP contribution is 2.31. The minimum Gasteiger partial charge on any atom is -0.478 e. The molecule has 8 heteroatoms. The van der Waals surface area contributed by atoms with Gasteiger partial charge in [0.2, 0.25) is 5.88 Å². The lowest BCUT2D eigenvalue weighted by atomic mass is 10.1. The van der Waals surface area contributed by atoms with E-state index in [1.165, 1.54) is 6.26 Å². The summed E-state index contributed by atoms with van der Waals surface area (Å²) in [6.45, 7) is 3.81. The van der Waals surface area contributed by atoms with Crippen LogP contribution in [0, 0.1) is 0 Å². The zero-order valence-corrected chi connectivity index (χ0v) is 17.2. The Bertz CT molecular complexity index is 1120. The first-order valence-corrected chi connectivity index (χ1v) is 11.3. The molecule has 1 aliphatic rings. The van der Waals surface area contributed by atoms with Gasteiger partial charge in [0, 0.05) is 31.1 Å². The molecule has 1 aromatic carbocycles. The molecule has 3 aromatic rings. The maximum atomic E-state index is 11.7. The zero-order chi connectivity index (χ0) is 20.4. The van der Waals surface area contributed by atoms with E-state index in [1.54, 1.807) is 18.3 Å². The smallest absolute Gasteiger partial charge is 0.222 e. The van der Waals surface area contributed by atoms with Crippen LogP contribution in [-0.2, 0) is 22.8 Å². The molecule has 0 saturated carbocycles. The van der Waals surface area contributed by atoms with E-state index >= 15 is 0 Å². The quantitative estimate of drug-likeness (QED) is 0.639. The average molecular weight is 410 g/mol. The van der Waals surface area contributed by atoms with Crippen LogP contribution in [0.4, 0.5) is 5.69 Å². The number of nitrogens with zero attached hydrogens (tertiary/aromatic N) is 4. The van der Waals surface area contributed by atoms with Gasteiger partial charge >= 0.3 is 0 Å². The van der Waals surface area contributed by atoms with Crippen molar-refractivity contribution in [3.63, 3.8) is 0 Å². The van der Waals surface area contributed by atoms with E-state index in [0.717, 1.165) is 35.6 Å². The third-order valence-electron chi connectivity index (χ3n) is 4.83. The lowest BCUT2D eigenvalue weighted by molar-refractivity contribution is 0.320. The van der Waals surface area contributed by atoms with Gasteiger partial charge in [0.05, 0.1) is 29.3 Å². The Morgan fingerprint density at radius 1 is 1.10 bits per heavy atom. The molecule has 0 radical (unpaired) electrons. The van der Waals surface area contributed by atoms with Gasteiger partial charge in [0.25, 0.3) is 0 Å². The van der Waals surface area contributed by atoms with E-state index in [0.29, 0.717) is 29.8 Å². The molecule has 0 unspecified atom stereocenters. The van der Waals surface area contributed by atoms with Gasteiger partial charge < -0.3 is 9.64 Å². The fraction of sp³-hybridized carbons (Fsp3) is 0.286. The number of aromatic nitrogens is 3. The highest BCUT2D eigenvalue weighted by molar-refractivity contribution is 7.90. The minimum atomic E-state index is -3.21. The molecule has 150 valence electrons. The molecule has 3 heterocycles. The average Bonchev–Trinajstić information content (AvgIpc) is 2.74. The molecule has 0 bridgehead atoms. The van der Waals surface area contributed by atoms with Gasteiger partial charge in [0.1, 0.15) is 5.69 Å². The number of benzene rings is 1. The number of hydrogen-bond donors (Lipinski definition) is 0. The van der Waals surface area contributed by atoms with Crippen molar-refractivity contribution in [2.75, 3.05) is 24.3 Å². The van der Waals surface area contributed by atoms with Crippen molar-refractivity contribution in [1.29, 1.82) is 0 Å². The second-order valence-electron chi connectivity index (χ2n) is 6.86. The molecule has 0 saturated heterocycles. The Morgan fingerprint density at radius 2 is 1.90 bits per heavy atom. The molecule has 0 amide bonds. The molecule has 4 rings (SSSR count). The summed E-state index contributed by atoms with van der Waals surface area (Å²) in [6, 6.07) is 12.6. The molecule has 0 atom stereocenters. The first-order valence-electron chi connectivity index (χ1n) is 9.45. The second-order valence-corrected chi connectivity index (χ2v) is 8.88. The molecule has 2 aromatic heterocycles. The summed E-state index contributed by atoms with van der Waals surface area (Å²) in [7, 11) is -3.21. The second kappa shape index (κ2) is 7.79. The number of pyridine rings is 1. The highest BCUT2D eigenvalue weighted by atomic mass is 32.2. The van der Waals surface area contributed by atoms with E-state index in [2.05, 4.69) is 14.9 Å². The zero-order valence-electron chi connectivity index (χ0n) is 16.4. The molecule has 1 aliphatic heterocycles. The SMILES string of the molecule is CCOc1nc(-c2ccccn2)nc2c1CN(c1ccc(S(C)(=O)=O)cc1)CC2. The van der Waals surface area contributed by atoms with E-state index in [9.17, 15) is 8.42 Å². The van der Waals surface area contributed by atoms with E-state index < -0.39 is 9.84 Å². The molecule has 0 fully saturated rings. The highest BCUT2D eigenvalue weighted by Gasteiger charge is 2.24. The van der Waals surface area contributed by atoms with Crippen LogP contribution >= 0.6 is 0 Å². The molecule has 7 nitrogen and oxygen atoms in total. The fourth-order valence-electron chi connectivity index (χ4n) is 3.37. The third kappa shape index (κ3) is 4.07. The normalized spacial score (nSPS) is 13.8. The molecular weight excluding hydrogens is 388 g/mol. The molecular formula is C21H22N4O3S. The Labute approximate surface area is 170 Å². The summed E-state index contributed by atoms with van der Waals surface area (Å²) < 4.78 is 29.2. The van der Waals surface area contributed by atoms with Crippen LogP contribution in [0.15, 0.2) is 53.6 Å². The molecule has 0 N–H and O–H groups in total. The van der Waals surface area contributed by atoms with Crippen LogP contribution in [0.25, 0.3) is 11.5 Å². The van der Waals surface area contributed by atoms with Crippen molar-refractivity contribution in [1.82, 2.24) is 15.0 Å². The van der Waals surface area contributed by atoms with Gasteiger partial charge in [-0.3, -0.25) is 4.98 Å². The van der Waals surface area contributed by atoms with E-state index in [4.69, 9.17) is 9.72 Å². The van der Waals surface area contributed by atoms with Crippen LogP contribution < -0.4 is 9.64 Å². The predicted octanol–water partition coefficient (Wildman–Crippen LogP) is 2.90. The van der Waals surface area contributed by atoms with Crippen LogP contribution in [0.2, 0.25) is 0 Å². The summed E-state index contributed by atoms with van der Waals surface area (Å²) >= 11 is 0. The number of rotatable bonds is 5. The van der Waals surface area contributed by atoms with Gasteiger partial charge in [-0.1, -0.05) is 6.07 Å². The van der Waals surface area contributed by atoms with Gasteiger partial charge in [-0.2, -0.15) is 4.98 Å². The Hall–Kier alpha value is -3.00. The summed E-state index contributed by atoms with van der Waals surface area (Å²) in [4.78, 5) is 16.2. The minimum absolute atomic E-state index is 0.317. The molecule has 29 heavy (non-hydrogen) atoms. The van der Waals surface area contributed by atoms with Crippen molar-refractivity contribution in [2.24, 2.45) is 0 Å². The fourth-order valence-corrected chi connectivity index (χ4v) is 4.00. The largest absolute Gasteiger partial charge is 0.478 e. The monoisotopic (exact) mass is 410 g/mol. The number of hydrogen-bond acceptors (Lipinski definition) is 7. The first kappa shape index (κ1) is 19.3. The van der Waals surface area contributed by atoms with Crippen molar-refractivity contribution < 1.29 is 13.2 Å². The van der Waals surface area contributed by atoms with Crippen LogP contribution in [0.3, 0.4) is 0 Å². The summed E-state index contributed by atoms with van der Waals surface area (Å²) in [5.74, 6) is 1.15. The van der Waals surface area contributed by atoms with Crippen LogP contribution in [0.5, 0.6) is 5.88 Å². The van der Waals surface area contributed by atoms with Crippen LogP contribution in [-0.4, -0.2) is 42.8 Å². The Balaban J connectivity index is 1.66. The Kier molecular flexibility index (Phi) is 5.19. The van der Waals surface area contributed by atoms with Crippen molar-refractivity contribution in [3.8, 4) is 17.4 Å². The Morgan fingerprint density at radius 3 is 2.55 bits per heavy atom. The summed E-state index contributed by atoms with van der Waals surface area (Å²) in [5, 5.41) is 0. The van der Waals surface area contributed by atoms with E-state index in [1.807, 2.05) is 37.3 Å². The lowest BCUT2D eigenvalue weighted by Crippen LogP contribution is -2.32. The van der Waals surface area contributed by atoms with E-state index in [-0.39, 0.29) is 0 Å². The predicted molar refractivity (Wildman–Crippen MR) is 111 cm³/mol. The lowest BCUT2D eigenvalue weighted by Gasteiger charge is -2.31. The third-order valence-corrected chi connectivity index (χ3v) is 5.96. The first-order chi connectivity index (χ1) is 14.0. The van der Waals surface area contributed by atoms with Crippen molar-refractivity contribution >= 4 is 15.5 Å². The van der Waals surface area contributed by atoms with Crippen molar-refractivity contribution in [2.45, 2.75) is 24.8 Å². The van der Waals surface area contributed by atoms with Crippen LogP contribution in [0.1, 0.15) is 18.2 Å².